The number of rotatable bonds is 2. The van der Waals surface area contributed by atoms with E-state index in [4.69, 9.17) is 0 Å². The van der Waals surface area contributed by atoms with Crippen LogP contribution in [0.15, 0.2) is 170 Å². The number of fused-ring (bicyclic) bond motifs is 16. The molecule has 0 amide bonds. The van der Waals surface area contributed by atoms with Crippen molar-refractivity contribution >= 4 is 128 Å². The maximum absolute atomic E-state index is 2.46. The van der Waals surface area contributed by atoms with Gasteiger partial charge in [0.25, 0.3) is 0 Å². The fourth-order valence-electron chi connectivity index (χ4n) is 9.25. The van der Waals surface area contributed by atoms with Crippen molar-refractivity contribution < 1.29 is 0 Å². The zero-order valence-corrected chi connectivity index (χ0v) is 30.5. The highest BCUT2D eigenvalue weighted by atomic mass is 32.1. The molecule has 0 aliphatic carbocycles. The molecule has 0 N–H and O–H groups in total. The molecule has 0 unspecified atom stereocenters. The molecule has 0 saturated heterocycles. The molecule has 54 heavy (non-hydrogen) atoms. The van der Waals surface area contributed by atoms with Gasteiger partial charge in [-0.3, -0.25) is 0 Å². The molecule has 4 heterocycles. The van der Waals surface area contributed by atoms with Crippen LogP contribution in [-0.2, 0) is 0 Å². The second kappa shape index (κ2) is 10.6. The fourth-order valence-corrected chi connectivity index (χ4v) is 11.7. The second-order valence-electron chi connectivity index (χ2n) is 14.5. The molecule has 0 aliphatic rings. The summed E-state index contributed by atoms with van der Waals surface area (Å²) in [6.45, 7) is 0. The van der Waals surface area contributed by atoms with Crippen LogP contribution in [-0.4, -0.2) is 9.13 Å². The summed E-state index contributed by atoms with van der Waals surface area (Å²) >= 11 is 3.80. The Bertz CT molecular complexity index is 3480. The van der Waals surface area contributed by atoms with Crippen molar-refractivity contribution in [3.05, 3.63) is 170 Å². The molecule has 13 rings (SSSR count). The third kappa shape index (κ3) is 3.83. The molecule has 0 spiro atoms. The Balaban J connectivity index is 1.04. The molecule has 0 bridgehead atoms. The van der Waals surface area contributed by atoms with Crippen LogP contribution in [0.2, 0.25) is 0 Å². The molecular weight excluding hydrogens is 693 g/mol. The summed E-state index contributed by atoms with van der Waals surface area (Å²) in [5, 5.41) is 15.6. The Morgan fingerprint density at radius 3 is 1.15 bits per heavy atom. The Morgan fingerprint density at radius 1 is 0.278 bits per heavy atom. The van der Waals surface area contributed by atoms with E-state index in [9.17, 15) is 0 Å². The standard InChI is InChI=1S/C50H28N2S2/c1-5-13-43-33(9-1)41-25-29-17-23-37-35-11-3-7-15-47(35)53-49(37)39(29)27-45(41)51(43)31-19-21-32(22-20-31)52-44-14-6-2-10-34(44)42-26-30-18-24-38-36-12-4-8-16-48(36)54-50(38)40(30)28-46(42)52/h1-28H. The predicted molar refractivity (Wildman–Crippen MR) is 236 cm³/mol. The van der Waals surface area contributed by atoms with E-state index < -0.39 is 0 Å². The SMILES string of the molecule is c1ccc2c(c1)sc1c3cc4c(cc3ccc21)c1ccccc1n4-c1ccc(-n2c3ccccc3c3cc4ccc5c6ccccc6sc5c4cc32)cc1. The lowest BCUT2D eigenvalue weighted by atomic mass is 10.0. The van der Waals surface area contributed by atoms with Crippen molar-refractivity contribution in [2.45, 2.75) is 0 Å². The van der Waals surface area contributed by atoms with Gasteiger partial charge >= 0.3 is 0 Å². The molecular formula is C50H28N2S2. The van der Waals surface area contributed by atoms with E-state index >= 15 is 0 Å². The first-order chi connectivity index (χ1) is 26.8. The van der Waals surface area contributed by atoms with Gasteiger partial charge in [0.2, 0.25) is 0 Å². The van der Waals surface area contributed by atoms with Gasteiger partial charge in [-0.25, -0.2) is 0 Å². The van der Waals surface area contributed by atoms with Crippen LogP contribution in [0.1, 0.15) is 0 Å². The van der Waals surface area contributed by atoms with Crippen LogP contribution in [0.4, 0.5) is 0 Å². The Hall–Kier alpha value is -6.46. The summed E-state index contributed by atoms with van der Waals surface area (Å²) in [5.41, 5.74) is 7.23. The van der Waals surface area contributed by atoms with E-state index in [0.29, 0.717) is 0 Å². The minimum Gasteiger partial charge on any atom is -0.309 e. The predicted octanol–water partition coefficient (Wildman–Crippen LogP) is 14.9. The molecule has 0 fully saturated rings. The first-order valence-electron chi connectivity index (χ1n) is 18.4. The van der Waals surface area contributed by atoms with E-state index in [2.05, 4.69) is 179 Å². The van der Waals surface area contributed by atoms with Crippen molar-refractivity contribution in [3.8, 4) is 11.4 Å². The van der Waals surface area contributed by atoms with Crippen LogP contribution < -0.4 is 0 Å². The van der Waals surface area contributed by atoms with Gasteiger partial charge in [-0.2, -0.15) is 0 Å². The number of hydrogen-bond donors (Lipinski definition) is 0. The highest BCUT2D eigenvalue weighted by Crippen LogP contribution is 2.44. The fraction of sp³-hybridized carbons (Fsp3) is 0. The van der Waals surface area contributed by atoms with E-state index in [0.717, 1.165) is 11.4 Å². The number of hydrogen-bond acceptors (Lipinski definition) is 2. The molecule has 0 radical (unpaired) electrons. The van der Waals surface area contributed by atoms with Crippen LogP contribution in [0.25, 0.3) is 117 Å². The molecule has 250 valence electrons. The second-order valence-corrected chi connectivity index (χ2v) is 16.6. The van der Waals surface area contributed by atoms with Gasteiger partial charge in [-0.05, 0) is 83.6 Å². The van der Waals surface area contributed by atoms with E-state index in [-0.39, 0.29) is 0 Å². The van der Waals surface area contributed by atoms with E-state index in [1.165, 1.54) is 106 Å². The largest absolute Gasteiger partial charge is 0.309 e. The van der Waals surface area contributed by atoms with Crippen molar-refractivity contribution in [2.24, 2.45) is 0 Å². The molecule has 0 saturated carbocycles. The topological polar surface area (TPSA) is 9.86 Å². The molecule has 0 atom stereocenters. The van der Waals surface area contributed by atoms with Crippen LogP contribution in [0.5, 0.6) is 0 Å². The van der Waals surface area contributed by atoms with Crippen molar-refractivity contribution in [1.29, 1.82) is 0 Å². The summed E-state index contributed by atoms with van der Waals surface area (Å²) in [6, 6.07) is 63.4. The maximum atomic E-state index is 2.46. The number of thiophene rings is 2. The summed E-state index contributed by atoms with van der Waals surface area (Å²) < 4.78 is 10.3. The number of para-hydroxylation sites is 2. The highest BCUT2D eigenvalue weighted by molar-refractivity contribution is 7.27. The zero-order chi connectivity index (χ0) is 35.1. The first kappa shape index (κ1) is 29.0. The van der Waals surface area contributed by atoms with Gasteiger partial charge in [0.15, 0.2) is 0 Å². The third-order valence-corrected chi connectivity index (χ3v) is 14.1. The van der Waals surface area contributed by atoms with E-state index in [1.54, 1.807) is 0 Å². The number of benzene rings is 9. The average Bonchev–Trinajstić information content (AvgIpc) is 3.97. The summed E-state index contributed by atoms with van der Waals surface area (Å²) in [7, 11) is 0. The number of aromatic nitrogens is 2. The van der Waals surface area contributed by atoms with Gasteiger partial charge in [0.1, 0.15) is 0 Å². The quantitative estimate of drug-likeness (QED) is 0.168. The third-order valence-electron chi connectivity index (χ3n) is 11.7. The van der Waals surface area contributed by atoms with Gasteiger partial charge in [-0.1, -0.05) is 97.1 Å². The van der Waals surface area contributed by atoms with Gasteiger partial charge in [0, 0.05) is 84.0 Å². The normalized spacial score (nSPS) is 12.4. The smallest absolute Gasteiger partial charge is 0.0547 e. The first-order valence-corrected chi connectivity index (χ1v) is 20.1. The maximum Gasteiger partial charge on any atom is 0.0547 e. The van der Waals surface area contributed by atoms with Crippen LogP contribution in [0.3, 0.4) is 0 Å². The molecule has 0 aliphatic heterocycles. The van der Waals surface area contributed by atoms with Gasteiger partial charge in [0.05, 0.1) is 22.1 Å². The molecule has 13 aromatic rings. The average molecular weight is 721 g/mol. The lowest BCUT2D eigenvalue weighted by Crippen LogP contribution is -1.97. The summed E-state index contributed by atoms with van der Waals surface area (Å²) in [6.07, 6.45) is 0. The Kier molecular flexibility index (Phi) is 5.69. The number of nitrogens with zero attached hydrogens (tertiary/aromatic N) is 2. The lowest BCUT2D eigenvalue weighted by Gasteiger charge is -2.12. The minimum atomic E-state index is 1.16. The highest BCUT2D eigenvalue weighted by Gasteiger charge is 2.18. The van der Waals surface area contributed by atoms with Crippen molar-refractivity contribution in [2.75, 3.05) is 0 Å². The van der Waals surface area contributed by atoms with Crippen molar-refractivity contribution in [1.82, 2.24) is 9.13 Å². The Morgan fingerprint density at radius 2 is 0.685 bits per heavy atom. The van der Waals surface area contributed by atoms with Crippen LogP contribution >= 0.6 is 22.7 Å². The summed E-state index contributed by atoms with van der Waals surface area (Å²) in [4.78, 5) is 0. The zero-order valence-electron chi connectivity index (χ0n) is 28.9. The van der Waals surface area contributed by atoms with Gasteiger partial charge < -0.3 is 9.13 Å². The molecule has 9 aromatic carbocycles. The lowest BCUT2D eigenvalue weighted by molar-refractivity contribution is 1.15. The molecule has 4 aromatic heterocycles. The van der Waals surface area contributed by atoms with Gasteiger partial charge in [-0.15, -0.1) is 22.7 Å². The summed E-state index contributed by atoms with van der Waals surface area (Å²) in [5.74, 6) is 0. The van der Waals surface area contributed by atoms with E-state index in [1.807, 2.05) is 22.7 Å². The van der Waals surface area contributed by atoms with Crippen LogP contribution in [0, 0.1) is 0 Å². The minimum absolute atomic E-state index is 1.16. The monoisotopic (exact) mass is 720 g/mol. The molecule has 4 heteroatoms. The van der Waals surface area contributed by atoms with Crippen molar-refractivity contribution in [3.63, 3.8) is 0 Å². The Labute approximate surface area is 316 Å². The molecule has 2 nitrogen and oxygen atoms in total.